The van der Waals surface area contributed by atoms with Gasteiger partial charge in [-0.25, -0.2) is 4.79 Å². The summed E-state index contributed by atoms with van der Waals surface area (Å²) in [6, 6.07) is 13.4. The number of methoxy groups -OCH3 is 1. The van der Waals surface area contributed by atoms with Gasteiger partial charge in [-0.15, -0.1) is 0 Å². The number of para-hydroxylation sites is 1. The second-order valence-electron chi connectivity index (χ2n) is 12.0. The number of hydrogen-bond acceptors (Lipinski definition) is 7. The number of likely N-dealkylation sites (tertiary alicyclic amines) is 1. The number of alkyl carbamates (subject to hydrolysis) is 1. The minimum Gasteiger partial charge on any atom is -0.453 e. The van der Waals surface area contributed by atoms with Gasteiger partial charge in [-0.3, -0.25) is 9.78 Å². The van der Waals surface area contributed by atoms with Crippen molar-refractivity contribution in [1.82, 2.24) is 15.2 Å². The summed E-state index contributed by atoms with van der Waals surface area (Å²) in [7, 11) is 1.32. The van der Waals surface area contributed by atoms with Crippen LogP contribution in [0.25, 0.3) is 22.0 Å². The molecule has 1 aromatic heterocycles. The third-order valence-corrected chi connectivity index (χ3v) is 9.97. The molecule has 1 saturated carbocycles. The zero-order valence-electron chi connectivity index (χ0n) is 23.7. The molecule has 1 saturated heterocycles. The molecule has 2 fully saturated rings. The van der Waals surface area contributed by atoms with Gasteiger partial charge in [0.2, 0.25) is 5.91 Å². The van der Waals surface area contributed by atoms with E-state index < -0.39 is 29.3 Å². The Morgan fingerprint density at radius 3 is 2.81 bits per heavy atom. The number of amides is 2. The molecule has 2 aliphatic carbocycles. The lowest BCUT2D eigenvalue weighted by Gasteiger charge is -2.62. The number of carbonyl (C=O) groups is 2. The van der Waals surface area contributed by atoms with E-state index >= 15 is 0 Å². The Morgan fingerprint density at radius 1 is 1.24 bits per heavy atom. The van der Waals surface area contributed by atoms with Gasteiger partial charge >= 0.3 is 6.09 Å². The lowest BCUT2D eigenvalue weighted by molar-refractivity contribution is -0.149. The maximum Gasteiger partial charge on any atom is 0.406 e. The van der Waals surface area contributed by atoms with Crippen molar-refractivity contribution in [1.29, 1.82) is 0 Å². The van der Waals surface area contributed by atoms with E-state index in [4.69, 9.17) is 22.1 Å². The van der Waals surface area contributed by atoms with Crippen molar-refractivity contribution in [2.75, 3.05) is 26.7 Å². The molecular weight excluding hydrogens is 556 g/mol. The second-order valence-corrected chi connectivity index (χ2v) is 12.4. The van der Waals surface area contributed by atoms with Crippen molar-refractivity contribution < 1.29 is 24.5 Å². The highest BCUT2D eigenvalue weighted by Gasteiger charge is 2.64. The van der Waals surface area contributed by atoms with Crippen molar-refractivity contribution >= 4 is 34.5 Å². The summed E-state index contributed by atoms with van der Waals surface area (Å²) in [6.07, 6.45) is 3.68. The van der Waals surface area contributed by atoms with Crippen molar-refractivity contribution in [3.8, 4) is 11.1 Å². The lowest BCUT2D eigenvalue weighted by atomic mass is 9.47. The molecule has 2 amide bonds. The van der Waals surface area contributed by atoms with Gasteiger partial charge in [0.15, 0.2) is 0 Å². The van der Waals surface area contributed by atoms with Crippen LogP contribution in [0, 0.1) is 5.92 Å². The lowest BCUT2D eigenvalue weighted by Crippen LogP contribution is -2.66. The number of hydrogen-bond donors (Lipinski definition) is 4. The Kier molecular flexibility index (Phi) is 7.64. The van der Waals surface area contributed by atoms with E-state index in [9.17, 15) is 19.8 Å². The molecule has 1 spiro atoms. The van der Waals surface area contributed by atoms with E-state index in [0.717, 1.165) is 39.6 Å². The topological polar surface area (TPSA) is 138 Å². The SMILES string of the molecule is COC(=O)NCCC[C@@]1(O)c2c(ccc(Cl)c2-c2cnc3ccccc3c2)[C@]12CCCN(C(=O)[C@H]1C[C@@H](N)[C@@H](O)C1)C2. The van der Waals surface area contributed by atoms with Gasteiger partial charge < -0.3 is 30.9 Å². The molecule has 2 heterocycles. The number of nitrogens with two attached hydrogens (primary N) is 1. The van der Waals surface area contributed by atoms with Gasteiger partial charge in [0.1, 0.15) is 5.60 Å². The molecule has 9 nitrogen and oxygen atoms in total. The molecular formula is C32H37ClN4O5. The fraction of sp³-hybridized carbons (Fsp3) is 0.469. The fourth-order valence-electron chi connectivity index (χ4n) is 7.58. The number of rotatable bonds is 6. The first-order chi connectivity index (χ1) is 20.2. The number of nitrogens with one attached hydrogen (secondary N) is 1. The second kappa shape index (κ2) is 11.1. The molecule has 42 heavy (non-hydrogen) atoms. The monoisotopic (exact) mass is 592 g/mol. The van der Waals surface area contributed by atoms with Crippen molar-refractivity contribution in [3.05, 3.63) is 64.8 Å². The number of pyridine rings is 1. The largest absolute Gasteiger partial charge is 0.453 e. The summed E-state index contributed by atoms with van der Waals surface area (Å²) in [4.78, 5) is 31.9. The van der Waals surface area contributed by atoms with Crippen LogP contribution in [0.1, 0.15) is 49.7 Å². The van der Waals surface area contributed by atoms with E-state index in [2.05, 4.69) is 10.3 Å². The van der Waals surface area contributed by atoms with Gasteiger partial charge in [-0.2, -0.15) is 0 Å². The summed E-state index contributed by atoms with van der Waals surface area (Å²) < 4.78 is 4.71. The Hall–Kier alpha value is -3.24. The van der Waals surface area contributed by atoms with Gasteiger partial charge in [0.05, 0.1) is 18.7 Å². The Balaban J connectivity index is 1.40. The van der Waals surface area contributed by atoms with Crippen molar-refractivity contribution in [3.63, 3.8) is 0 Å². The van der Waals surface area contributed by atoms with E-state index in [0.29, 0.717) is 56.8 Å². The fourth-order valence-corrected chi connectivity index (χ4v) is 7.84. The summed E-state index contributed by atoms with van der Waals surface area (Å²) in [5.74, 6) is -0.344. The van der Waals surface area contributed by atoms with Crippen LogP contribution in [0.2, 0.25) is 5.02 Å². The normalized spacial score (nSPS) is 28.4. The van der Waals surface area contributed by atoms with Gasteiger partial charge in [-0.05, 0) is 67.9 Å². The molecule has 5 N–H and O–H groups in total. The van der Waals surface area contributed by atoms with E-state index in [1.807, 2.05) is 47.4 Å². The average molecular weight is 593 g/mol. The summed E-state index contributed by atoms with van der Waals surface area (Å²) in [6.45, 7) is 1.28. The minimum absolute atomic E-state index is 0.0165. The van der Waals surface area contributed by atoms with E-state index in [1.165, 1.54) is 7.11 Å². The van der Waals surface area contributed by atoms with Crippen LogP contribution in [-0.4, -0.2) is 71.0 Å². The highest BCUT2D eigenvalue weighted by atomic mass is 35.5. The maximum atomic E-state index is 13.7. The Morgan fingerprint density at radius 2 is 2.05 bits per heavy atom. The quantitative estimate of drug-likeness (QED) is 0.319. The molecule has 2 aromatic carbocycles. The molecule has 6 rings (SSSR count). The Labute approximate surface area is 250 Å². The number of nitrogens with zero attached hydrogens (tertiary/aromatic N) is 2. The van der Waals surface area contributed by atoms with Crippen LogP contribution in [0.4, 0.5) is 4.79 Å². The number of aliphatic hydroxyl groups is 2. The molecule has 0 bridgehead atoms. The third kappa shape index (κ3) is 4.63. The smallest absolute Gasteiger partial charge is 0.406 e. The number of piperidine rings is 1. The van der Waals surface area contributed by atoms with E-state index in [1.54, 1.807) is 6.20 Å². The third-order valence-electron chi connectivity index (χ3n) is 9.65. The molecule has 222 valence electrons. The number of aliphatic hydroxyl groups excluding tert-OH is 1. The predicted octanol–water partition coefficient (Wildman–Crippen LogP) is 3.85. The van der Waals surface area contributed by atoms with Crippen LogP contribution in [0.5, 0.6) is 0 Å². The predicted molar refractivity (Wildman–Crippen MR) is 160 cm³/mol. The maximum absolute atomic E-state index is 13.7. The number of aromatic nitrogens is 1. The highest BCUT2D eigenvalue weighted by molar-refractivity contribution is 6.33. The van der Waals surface area contributed by atoms with E-state index in [-0.39, 0.29) is 11.8 Å². The molecule has 0 unspecified atom stereocenters. The highest BCUT2D eigenvalue weighted by Crippen LogP contribution is 2.64. The standard InChI is InChI=1S/C32H37ClN4O5/c1-42-30(40)35-12-4-11-32(41)28-22(8-9-23(33)27(28)21-14-19-6-2-3-7-25(19)36-17-21)31(32)10-5-13-37(18-31)29(39)20-15-24(34)26(38)16-20/h2-3,6-9,14,17,20,24,26,38,41H,4-5,10-13,15-16,18,34H2,1H3,(H,35,40)/t20-,24+,26-,31+,32+/m0/s1. The molecule has 1 aliphatic heterocycles. The first-order valence-corrected chi connectivity index (χ1v) is 15.0. The Bertz CT molecular complexity index is 1520. The van der Waals surface area contributed by atoms with Gasteiger partial charge in [0.25, 0.3) is 0 Å². The summed E-state index contributed by atoms with van der Waals surface area (Å²) >= 11 is 6.88. The molecule has 5 atom stereocenters. The first-order valence-electron chi connectivity index (χ1n) is 14.6. The molecule has 10 heteroatoms. The van der Waals surface area contributed by atoms with Crippen LogP contribution in [0.15, 0.2) is 48.7 Å². The summed E-state index contributed by atoms with van der Waals surface area (Å²) in [5.41, 5.74) is 8.20. The number of ether oxygens (including phenoxy) is 1. The van der Waals surface area contributed by atoms with Crippen molar-refractivity contribution in [2.24, 2.45) is 11.7 Å². The molecule has 0 radical (unpaired) electrons. The van der Waals surface area contributed by atoms with Gasteiger partial charge in [-0.1, -0.05) is 35.9 Å². The number of fused-ring (bicyclic) bond motifs is 3. The summed E-state index contributed by atoms with van der Waals surface area (Å²) in [5, 5.41) is 27.2. The van der Waals surface area contributed by atoms with Crippen LogP contribution in [-0.2, 0) is 20.5 Å². The minimum atomic E-state index is -1.31. The average Bonchev–Trinajstić information content (AvgIpc) is 3.35. The van der Waals surface area contributed by atoms with Crippen molar-refractivity contribution in [2.45, 2.75) is 61.7 Å². The number of benzene rings is 2. The zero-order valence-corrected chi connectivity index (χ0v) is 24.4. The van der Waals surface area contributed by atoms with Gasteiger partial charge in [0, 0.05) is 64.7 Å². The molecule has 3 aromatic rings. The molecule has 3 aliphatic rings. The number of carbonyl (C=O) groups excluding carboxylic acids is 2. The van der Waals surface area contributed by atoms with Crippen LogP contribution >= 0.6 is 11.6 Å². The number of halogens is 1. The first kappa shape index (κ1) is 28.9. The van der Waals surface area contributed by atoms with Crippen LogP contribution in [0.3, 0.4) is 0 Å². The van der Waals surface area contributed by atoms with Crippen LogP contribution < -0.4 is 11.1 Å². The zero-order chi connectivity index (χ0) is 29.6.